The summed E-state index contributed by atoms with van der Waals surface area (Å²) in [4.78, 5) is 14.8. The van der Waals surface area contributed by atoms with E-state index in [2.05, 4.69) is 44.8 Å². The van der Waals surface area contributed by atoms with Crippen LogP contribution in [-0.4, -0.2) is 29.6 Å². The largest absolute Gasteiger partial charge is 0.326 e. The van der Waals surface area contributed by atoms with Gasteiger partial charge in [0.2, 0.25) is 5.91 Å². The standard InChI is InChI=1S/C18H34N2O/c1-12(2)16-18(21)20(17(19-16)13(3)4)11-10-15-8-6-14(5)7-9-15/h12-17,19H,6-11H2,1-5H3. The van der Waals surface area contributed by atoms with Crippen molar-refractivity contribution < 1.29 is 4.79 Å². The lowest BCUT2D eigenvalue weighted by Gasteiger charge is -2.31. The molecule has 3 nitrogen and oxygen atoms in total. The number of rotatable bonds is 5. The Morgan fingerprint density at radius 3 is 2.24 bits per heavy atom. The van der Waals surface area contributed by atoms with Gasteiger partial charge in [-0.05, 0) is 30.1 Å². The van der Waals surface area contributed by atoms with Crippen molar-refractivity contribution in [3.05, 3.63) is 0 Å². The average molecular weight is 294 g/mol. The van der Waals surface area contributed by atoms with Gasteiger partial charge in [-0.15, -0.1) is 0 Å². The Hall–Kier alpha value is -0.570. The van der Waals surface area contributed by atoms with Crippen LogP contribution in [0, 0.1) is 23.7 Å². The zero-order valence-electron chi connectivity index (χ0n) is 14.6. The third-order valence-electron chi connectivity index (χ3n) is 5.45. The van der Waals surface area contributed by atoms with Crippen LogP contribution in [0.1, 0.15) is 66.7 Å². The Kier molecular flexibility index (Phi) is 5.70. The summed E-state index contributed by atoms with van der Waals surface area (Å²) in [6, 6.07) is 0.0174. The number of nitrogens with one attached hydrogen (secondary N) is 1. The van der Waals surface area contributed by atoms with Crippen LogP contribution < -0.4 is 5.32 Å². The maximum absolute atomic E-state index is 12.7. The van der Waals surface area contributed by atoms with E-state index in [4.69, 9.17) is 0 Å². The number of carbonyl (C=O) groups is 1. The molecule has 1 amide bonds. The first-order valence-electron chi connectivity index (χ1n) is 8.96. The minimum atomic E-state index is 0.0174. The van der Waals surface area contributed by atoms with Crippen LogP contribution in [0.4, 0.5) is 0 Å². The Morgan fingerprint density at radius 1 is 1.10 bits per heavy atom. The van der Waals surface area contributed by atoms with E-state index in [-0.39, 0.29) is 12.2 Å². The number of hydrogen-bond acceptors (Lipinski definition) is 2. The van der Waals surface area contributed by atoms with Gasteiger partial charge < -0.3 is 4.90 Å². The Morgan fingerprint density at radius 2 is 1.71 bits per heavy atom. The molecule has 122 valence electrons. The van der Waals surface area contributed by atoms with Gasteiger partial charge in [0.25, 0.3) is 0 Å². The van der Waals surface area contributed by atoms with Crippen LogP contribution in [0.2, 0.25) is 0 Å². The molecular weight excluding hydrogens is 260 g/mol. The second kappa shape index (κ2) is 7.13. The van der Waals surface area contributed by atoms with E-state index in [1.54, 1.807) is 0 Å². The van der Waals surface area contributed by atoms with E-state index in [9.17, 15) is 4.79 Å². The van der Waals surface area contributed by atoms with E-state index in [0.717, 1.165) is 18.4 Å². The fourth-order valence-corrected chi connectivity index (χ4v) is 3.88. The first-order chi connectivity index (χ1) is 9.90. The van der Waals surface area contributed by atoms with E-state index in [0.29, 0.717) is 17.7 Å². The average Bonchev–Trinajstić information content (AvgIpc) is 2.76. The third kappa shape index (κ3) is 4.00. The summed E-state index contributed by atoms with van der Waals surface area (Å²) in [6.45, 7) is 12.0. The molecule has 0 radical (unpaired) electrons. The topological polar surface area (TPSA) is 32.3 Å². The van der Waals surface area contributed by atoms with E-state index in [1.807, 2.05) is 0 Å². The second-order valence-electron chi connectivity index (χ2n) is 8.02. The molecule has 2 aliphatic rings. The predicted octanol–water partition coefficient (Wildman–Crippen LogP) is 3.64. The fraction of sp³-hybridized carbons (Fsp3) is 0.944. The van der Waals surface area contributed by atoms with Crippen LogP contribution >= 0.6 is 0 Å². The van der Waals surface area contributed by atoms with Crippen molar-refractivity contribution in [2.24, 2.45) is 23.7 Å². The lowest BCUT2D eigenvalue weighted by molar-refractivity contribution is -0.131. The molecule has 1 aliphatic heterocycles. The maximum atomic E-state index is 12.7. The number of carbonyl (C=O) groups excluding carboxylic acids is 1. The van der Waals surface area contributed by atoms with E-state index >= 15 is 0 Å². The minimum Gasteiger partial charge on any atom is -0.326 e. The lowest BCUT2D eigenvalue weighted by Crippen LogP contribution is -2.42. The van der Waals surface area contributed by atoms with Crippen molar-refractivity contribution in [3.63, 3.8) is 0 Å². The van der Waals surface area contributed by atoms with E-state index in [1.165, 1.54) is 32.1 Å². The number of nitrogens with zero attached hydrogens (tertiary/aromatic N) is 1. The summed E-state index contributed by atoms with van der Waals surface area (Å²) in [5.74, 6) is 2.92. The van der Waals surface area contributed by atoms with Crippen molar-refractivity contribution in [2.45, 2.75) is 78.9 Å². The highest BCUT2D eigenvalue weighted by Gasteiger charge is 2.41. The van der Waals surface area contributed by atoms with Crippen molar-refractivity contribution in [1.82, 2.24) is 10.2 Å². The summed E-state index contributed by atoms with van der Waals surface area (Å²) >= 11 is 0. The predicted molar refractivity (Wildman–Crippen MR) is 87.8 cm³/mol. The van der Waals surface area contributed by atoms with Gasteiger partial charge in [0.1, 0.15) is 0 Å². The summed E-state index contributed by atoms with van der Waals surface area (Å²) in [5, 5.41) is 3.56. The third-order valence-corrected chi connectivity index (χ3v) is 5.45. The summed E-state index contributed by atoms with van der Waals surface area (Å²) in [5.41, 5.74) is 0. The molecule has 0 aromatic rings. The molecule has 2 unspecified atom stereocenters. The maximum Gasteiger partial charge on any atom is 0.241 e. The number of amides is 1. The smallest absolute Gasteiger partial charge is 0.241 e. The van der Waals surface area contributed by atoms with Crippen LogP contribution in [0.25, 0.3) is 0 Å². The lowest BCUT2D eigenvalue weighted by atomic mass is 9.81. The van der Waals surface area contributed by atoms with Gasteiger partial charge in [-0.25, -0.2) is 0 Å². The summed E-state index contributed by atoms with van der Waals surface area (Å²) in [6.07, 6.45) is 6.88. The van der Waals surface area contributed by atoms with Gasteiger partial charge in [-0.3, -0.25) is 10.1 Å². The number of hydrogen-bond donors (Lipinski definition) is 1. The molecule has 3 heteroatoms. The van der Waals surface area contributed by atoms with Crippen molar-refractivity contribution >= 4 is 5.91 Å². The summed E-state index contributed by atoms with van der Waals surface area (Å²) < 4.78 is 0. The Labute approximate surface area is 130 Å². The molecule has 0 spiro atoms. The quantitative estimate of drug-likeness (QED) is 0.839. The fourth-order valence-electron chi connectivity index (χ4n) is 3.88. The molecule has 1 N–H and O–H groups in total. The molecule has 1 heterocycles. The first-order valence-corrected chi connectivity index (χ1v) is 8.96. The van der Waals surface area contributed by atoms with Gasteiger partial charge in [0, 0.05) is 6.54 Å². The molecule has 0 aromatic carbocycles. The van der Waals surface area contributed by atoms with Crippen molar-refractivity contribution in [1.29, 1.82) is 0 Å². The van der Waals surface area contributed by atoms with Gasteiger partial charge >= 0.3 is 0 Å². The highest BCUT2D eigenvalue weighted by molar-refractivity contribution is 5.84. The Balaban J connectivity index is 1.91. The van der Waals surface area contributed by atoms with Gasteiger partial charge in [0.15, 0.2) is 0 Å². The van der Waals surface area contributed by atoms with E-state index < -0.39 is 0 Å². The molecule has 1 saturated carbocycles. The zero-order chi connectivity index (χ0) is 15.6. The monoisotopic (exact) mass is 294 g/mol. The SMILES string of the molecule is CC1CCC(CCN2C(=O)C(C(C)C)NC2C(C)C)CC1. The van der Waals surface area contributed by atoms with Gasteiger partial charge in [0.05, 0.1) is 12.2 Å². The van der Waals surface area contributed by atoms with Crippen LogP contribution in [0.5, 0.6) is 0 Å². The molecule has 0 aromatic heterocycles. The van der Waals surface area contributed by atoms with Gasteiger partial charge in [-0.1, -0.05) is 60.3 Å². The molecular formula is C18H34N2O. The normalized spacial score (nSPS) is 34.2. The summed E-state index contributed by atoms with van der Waals surface area (Å²) in [7, 11) is 0. The Bertz CT molecular complexity index is 345. The van der Waals surface area contributed by atoms with Crippen LogP contribution in [0.15, 0.2) is 0 Å². The second-order valence-corrected chi connectivity index (χ2v) is 8.02. The minimum absolute atomic E-state index is 0.0174. The molecule has 21 heavy (non-hydrogen) atoms. The molecule has 2 rings (SSSR count). The molecule has 1 saturated heterocycles. The molecule has 2 atom stereocenters. The molecule has 0 bridgehead atoms. The van der Waals surface area contributed by atoms with Crippen molar-refractivity contribution in [3.8, 4) is 0 Å². The van der Waals surface area contributed by atoms with Crippen molar-refractivity contribution in [2.75, 3.05) is 6.54 Å². The van der Waals surface area contributed by atoms with Gasteiger partial charge in [-0.2, -0.15) is 0 Å². The zero-order valence-corrected chi connectivity index (χ0v) is 14.6. The molecule has 1 aliphatic carbocycles. The highest BCUT2D eigenvalue weighted by Crippen LogP contribution is 2.31. The first kappa shape index (κ1) is 16.8. The van der Waals surface area contributed by atoms with Crippen LogP contribution in [0.3, 0.4) is 0 Å². The highest BCUT2D eigenvalue weighted by atomic mass is 16.2. The molecule has 2 fully saturated rings. The van der Waals surface area contributed by atoms with Crippen LogP contribution in [-0.2, 0) is 4.79 Å².